The number of urea groups is 1. The van der Waals surface area contributed by atoms with E-state index in [-0.39, 0.29) is 34.1 Å². The molecule has 59 heavy (non-hydrogen) atoms. The fourth-order valence-electron chi connectivity index (χ4n) is 12.1. The summed E-state index contributed by atoms with van der Waals surface area (Å²) in [4.78, 5) is 35.7. The molecular weight excluding hydrogens is 731 g/mol. The van der Waals surface area contributed by atoms with E-state index < -0.39 is 0 Å². The fourth-order valence-corrected chi connectivity index (χ4v) is 12.1. The zero-order valence-electron chi connectivity index (χ0n) is 36.8. The summed E-state index contributed by atoms with van der Waals surface area (Å²) in [5.74, 6) is 2.81. The van der Waals surface area contributed by atoms with Gasteiger partial charge < -0.3 is 19.9 Å². The smallest absolute Gasteiger partial charge is 0.318 e. The minimum absolute atomic E-state index is 0.0259. The van der Waals surface area contributed by atoms with E-state index in [1.807, 2.05) is 12.1 Å². The molecule has 1 unspecified atom stereocenters. The first-order valence-corrected chi connectivity index (χ1v) is 23.0. The Hall–Kier alpha value is -3.88. The van der Waals surface area contributed by atoms with E-state index in [0.717, 1.165) is 95.5 Å². The van der Waals surface area contributed by atoms with E-state index in [4.69, 9.17) is 4.74 Å². The number of carbonyl (C=O) groups is 2. The fraction of sp³-hybridized carbons (Fsp3) is 0.608. The number of ether oxygens (including phenoxy) is 1. The number of amides is 3. The van der Waals surface area contributed by atoms with Gasteiger partial charge >= 0.3 is 6.03 Å². The molecule has 9 rings (SSSR count). The molecule has 0 radical (unpaired) electrons. The van der Waals surface area contributed by atoms with Crippen molar-refractivity contribution in [2.24, 2.45) is 17.8 Å². The largest absolute Gasteiger partial charge is 0.497 e. The number of carbonyl (C=O) groups excluding carboxylic acids is 2. The molecule has 2 aliphatic heterocycles. The average Bonchev–Trinajstić information content (AvgIpc) is 3.66. The highest BCUT2D eigenvalue weighted by Crippen LogP contribution is 2.53. The lowest BCUT2D eigenvalue weighted by Gasteiger charge is -2.52. The van der Waals surface area contributed by atoms with Crippen molar-refractivity contribution < 1.29 is 14.3 Å². The van der Waals surface area contributed by atoms with Crippen LogP contribution in [0.1, 0.15) is 113 Å². The zero-order valence-corrected chi connectivity index (χ0v) is 36.8. The van der Waals surface area contributed by atoms with Gasteiger partial charge in [-0.2, -0.15) is 0 Å². The minimum atomic E-state index is 0.0259. The van der Waals surface area contributed by atoms with Crippen LogP contribution in [0.4, 0.5) is 4.79 Å². The average molecular weight is 802 g/mol. The van der Waals surface area contributed by atoms with E-state index in [0.29, 0.717) is 11.8 Å². The van der Waals surface area contributed by atoms with Crippen molar-refractivity contribution in [1.82, 2.24) is 24.9 Å². The minimum Gasteiger partial charge on any atom is -0.497 e. The van der Waals surface area contributed by atoms with Crippen LogP contribution in [0.2, 0.25) is 0 Å². The SMILES string of the molecule is CN(C)C1(c2ccccc2)CCC2(CC1)CNC(=O)N2CC1CCC1.COc1ccc(CC2CC3(CCC(c4ccccc4)(N(C)C)CC3)N(CC3CCC3)C2=O)cc1. The second kappa shape index (κ2) is 17.2. The highest BCUT2D eigenvalue weighted by molar-refractivity contribution is 5.83. The molecule has 2 spiro atoms. The van der Waals surface area contributed by atoms with Crippen molar-refractivity contribution >= 4 is 11.9 Å². The summed E-state index contributed by atoms with van der Waals surface area (Å²) < 4.78 is 5.33. The number of likely N-dealkylation sites (tertiary alicyclic amines) is 1. The number of nitrogens with one attached hydrogen (secondary N) is 1. The third-order valence-corrected chi connectivity index (χ3v) is 16.5. The Kier molecular flexibility index (Phi) is 12.2. The van der Waals surface area contributed by atoms with Gasteiger partial charge in [0.25, 0.3) is 0 Å². The quantitative estimate of drug-likeness (QED) is 0.210. The van der Waals surface area contributed by atoms with Crippen LogP contribution in [-0.4, -0.2) is 97.6 Å². The Morgan fingerprint density at radius 2 is 1.10 bits per heavy atom. The van der Waals surface area contributed by atoms with Crippen LogP contribution in [0.25, 0.3) is 0 Å². The van der Waals surface area contributed by atoms with Gasteiger partial charge in [0.2, 0.25) is 5.91 Å². The third kappa shape index (κ3) is 8.05. The van der Waals surface area contributed by atoms with Crippen LogP contribution in [0.15, 0.2) is 84.9 Å². The summed E-state index contributed by atoms with van der Waals surface area (Å²) in [6.07, 6.45) is 18.5. The molecule has 6 fully saturated rings. The summed E-state index contributed by atoms with van der Waals surface area (Å²) in [6, 6.07) is 30.4. The van der Waals surface area contributed by atoms with Crippen LogP contribution in [0, 0.1) is 17.8 Å². The monoisotopic (exact) mass is 802 g/mol. The number of rotatable bonds is 11. The number of hydrogen-bond donors (Lipinski definition) is 1. The maximum Gasteiger partial charge on any atom is 0.318 e. The van der Waals surface area contributed by atoms with Gasteiger partial charge in [0.05, 0.1) is 12.6 Å². The maximum atomic E-state index is 13.8. The van der Waals surface area contributed by atoms with Gasteiger partial charge in [0.1, 0.15) is 5.75 Å². The first-order valence-electron chi connectivity index (χ1n) is 23.0. The Balaban J connectivity index is 0.000000172. The molecule has 4 aliphatic carbocycles. The van der Waals surface area contributed by atoms with Gasteiger partial charge in [-0.15, -0.1) is 0 Å². The van der Waals surface area contributed by atoms with E-state index in [1.165, 1.54) is 55.2 Å². The Morgan fingerprint density at radius 3 is 1.54 bits per heavy atom. The van der Waals surface area contributed by atoms with E-state index in [1.54, 1.807) is 7.11 Å². The first-order chi connectivity index (χ1) is 28.5. The van der Waals surface area contributed by atoms with Gasteiger partial charge in [-0.25, -0.2) is 4.79 Å². The van der Waals surface area contributed by atoms with E-state index >= 15 is 0 Å². The van der Waals surface area contributed by atoms with Crippen LogP contribution < -0.4 is 10.1 Å². The van der Waals surface area contributed by atoms with Gasteiger partial charge in [0, 0.05) is 42.2 Å². The van der Waals surface area contributed by atoms with Crippen molar-refractivity contribution in [3.05, 3.63) is 102 Å². The van der Waals surface area contributed by atoms with Crippen LogP contribution in [-0.2, 0) is 22.3 Å². The van der Waals surface area contributed by atoms with Gasteiger partial charge in [-0.05, 0) is 159 Å². The molecular formula is C51H71N5O3. The Bertz CT molecular complexity index is 1860. The van der Waals surface area contributed by atoms with Crippen molar-refractivity contribution in [2.45, 2.75) is 125 Å². The second-order valence-electron chi connectivity index (χ2n) is 19.8. The number of hydrogen-bond acceptors (Lipinski definition) is 5. The lowest BCUT2D eigenvalue weighted by molar-refractivity contribution is -0.137. The van der Waals surface area contributed by atoms with Crippen molar-refractivity contribution in [1.29, 1.82) is 0 Å². The predicted molar refractivity (Wildman–Crippen MR) is 237 cm³/mol. The topological polar surface area (TPSA) is 68.4 Å². The van der Waals surface area contributed by atoms with Crippen LogP contribution >= 0.6 is 0 Å². The Morgan fingerprint density at radius 1 is 0.627 bits per heavy atom. The maximum absolute atomic E-state index is 13.8. The van der Waals surface area contributed by atoms with Crippen LogP contribution in [0.5, 0.6) is 5.75 Å². The molecule has 3 aromatic rings. The lowest BCUT2D eigenvalue weighted by Crippen LogP contribution is -2.56. The molecule has 318 valence electrons. The predicted octanol–water partition coefficient (Wildman–Crippen LogP) is 9.24. The lowest BCUT2D eigenvalue weighted by atomic mass is 9.67. The first kappa shape index (κ1) is 41.8. The van der Waals surface area contributed by atoms with Gasteiger partial charge in [0.15, 0.2) is 0 Å². The molecule has 6 aliphatic rings. The zero-order chi connectivity index (χ0) is 41.3. The highest BCUT2D eigenvalue weighted by atomic mass is 16.5. The molecule has 2 heterocycles. The molecule has 8 nitrogen and oxygen atoms in total. The molecule has 3 aromatic carbocycles. The molecule has 8 heteroatoms. The van der Waals surface area contributed by atoms with Gasteiger partial charge in [-0.1, -0.05) is 85.6 Å². The number of benzene rings is 3. The number of methoxy groups -OCH3 is 1. The molecule has 1 N–H and O–H groups in total. The van der Waals surface area contributed by atoms with Crippen molar-refractivity contribution in [3.8, 4) is 5.75 Å². The van der Waals surface area contributed by atoms with Crippen LogP contribution in [0.3, 0.4) is 0 Å². The summed E-state index contributed by atoms with van der Waals surface area (Å²) >= 11 is 0. The highest BCUT2D eigenvalue weighted by Gasteiger charge is 2.56. The normalized spacial score (nSPS) is 31.0. The van der Waals surface area contributed by atoms with Crippen molar-refractivity contribution in [3.63, 3.8) is 0 Å². The third-order valence-electron chi connectivity index (χ3n) is 16.5. The second-order valence-corrected chi connectivity index (χ2v) is 19.8. The summed E-state index contributed by atoms with van der Waals surface area (Å²) in [7, 11) is 10.6. The molecule has 0 bridgehead atoms. The number of nitrogens with zero attached hydrogens (tertiary/aromatic N) is 4. The molecule has 3 amide bonds. The summed E-state index contributed by atoms with van der Waals surface area (Å²) in [6.45, 7) is 2.77. The summed E-state index contributed by atoms with van der Waals surface area (Å²) in [5.41, 5.74) is 4.30. The summed E-state index contributed by atoms with van der Waals surface area (Å²) in [5, 5.41) is 3.15. The molecule has 4 saturated carbocycles. The van der Waals surface area contributed by atoms with Crippen molar-refractivity contribution in [2.75, 3.05) is 54.9 Å². The Labute approximate surface area is 355 Å². The van der Waals surface area contributed by atoms with E-state index in [9.17, 15) is 9.59 Å². The molecule has 1 atom stereocenters. The van der Waals surface area contributed by atoms with E-state index in [2.05, 4.69) is 126 Å². The van der Waals surface area contributed by atoms with Gasteiger partial charge in [-0.3, -0.25) is 14.6 Å². The standard InChI is InChI=1S/C30H40N2O2.C21H31N3O/c1-31(2)30(26-10-5-4-6-11-26)18-16-29(17-19-30)21-25(20-23-12-14-27(34-3)15-13-23)28(33)32(29)22-24-8-7-9-24;1-23(2)21(18-9-4-3-5-10-18)13-11-20(12-14-21)16-22-19(25)24(20)15-17-7-6-8-17/h4-6,10-15,24-25H,7-9,16-22H2,1-3H3;3-5,9-10,17H,6-8,11-16H2,1-2H3,(H,22,25). The molecule has 0 aromatic heterocycles. The molecule has 2 saturated heterocycles.